The monoisotopic (exact) mass is 436 g/mol. The van der Waals surface area contributed by atoms with Gasteiger partial charge < -0.3 is 15.2 Å². The van der Waals surface area contributed by atoms with Crippen LogP contribution in [-0.2, 0) is 16.6 Å². The number of primary sulfonamides is 1. The van der Waals surface area contributed by atoms with Gasteiger partial charge in [0.05, 0.1) is 31.6 Å². The molecule has 0 saturated carbocycles. The van der Waals surface area contributed by atoms with Crippen molar-refractivity contribution in [1.82, 2.24) is 19.7 Å². The van der Waals surface area contributed by atoms with Crippen LogP contribution in [0, 0.1) is 5.82 Å². The van der Waals surface area contributed by atoms with Gasteiger partial charge in [0, 0.05) is 11.8 Å². The number of rotatable bonds is 7. The van der Waals surface area contributed by atoms with Crippen molar-refractivity contribution in [2.24, 2.45) is 5.14 Å². The summed E-state index contributed by atoms with van der Waals surface area (Å²) in [4.78, 5) is 7.78. The van der Waals surface area contributed by atoms with E-state index >= 15 is 0 Å². The Hall–Kier alpha value is -3.09. The van der Waals surface area contributed by atoms with Crippen LogP contribution in [-0.4, -0.2) is 46.0 Å². The van der Waals surface area contributed by atoms with E-state index in [1.54, 1.807) is 13.8 Å². The Morgan fingerprint density at radius 3 is 2.70 bits per heavy atom. The van der Waals surface area contributed by atoms with E-state index in [1.165, 1.54) is 42.4 Å². The number of aliphatic hydroxyl groups is 1. The molecule has 0 radical (unpaired) electrons. The van der Waals surface area contributed by atoms with Gasteiger partial charge in [-0.2, -0.15) is 5.10 Å². The first kappa shape index (κ1) is 21.6. The van der Waals surface area contributed by atoms with Crippen molar-refractivity contribution >= 4 is 21.7 Å². The highest BCUT2D eigenvalue weighted by molar-refractivity contribution is 7.89. The molecule has 0 unspecified atom stereocenters. The van der Waals surface area contributed by atoms with Crippen LogP contribution in [0.15, 0.2) is 41.7 Å². The van der Waals surface area contributed by atoms with Crippen molar-refractivity contribution in [2.45, 2.75) is 30.9 Å². The van der Waals surface area contributed by atoms with E-state index in [1.807, 2.05) is 0 Å². The van der Waals surface area contributed by atoms with E-state index in [0.717, 1.165) is 6.20 Å². The number of hydrogen-bond acceptors (Lipinski definition) is 8. The van der Waals surface area contributed by atoms with Crippen LogP contribution in [0.5, 0.6) is 5.75 Å². The molecule has 160 valence electrons. The third-order valence-corrected chi connectivity index (χ3v) is 4.90. The fraction of sp³-hybridized carbons (Fsp3) is 0.278. The van der Waals surface area contributed by atoms with Crippen molar-refractivity contribution in [3.05, 3.63) is 42.6 Å². The van der Waals surface area contributed by atoms with Gasteiger partial charge in [-0.3, -0.25) is 4.68 Å². The zero-order chi connectivity index (χ0) is 22.1. The molecule has 3 rings (SSSR count). The van der Waals surface area contributed by atoms with E-state index in [0.29, 0.717) is 5.56 Å². The average Bonchev–Trinajstić information content (AvgIpc) is 3.08. The van der Waals surface area contributed by atoms with E-state index in [2.05, 4.69) is 20.4 Å². The number of nitrogens with one attached hydrogen (secondary N) is 1. The normalized spacial score (nSPS) is 12.1. The molecule has 3 aromatic rings. The molecule has 0 aliphatic carbocycles. The highest BCUT2D eigenvalue weighted by Gasteiger charge is 2.20. The molecule has 30 heavy (non-hydrogen) atoms. The van der Waals surface area contributed by atoms with Crippen LogP contribution >= 0.6 is 0 Å². The first-order chi connectivity index (χ1) is 14.0. The molecule has 0 bridgehead atoms. The number of methoxy groups -OCH3 is 1. The smallest absolute Gasteiger partial charge is 0.240 e. The van der Waals surface area contributed by atoms with E-state index < -0.39 is 21.4 Å². The molecule has 10 nitrogen and oxygen atoms in total. The number of benzene rings is 1. The number of halogens is 1. The lowest BCUT2D eigenvalue weighted by molar-refractivity contribution is 0.0577. The Morgan fingerprint density at radius 1 is 1.33 bits per heavy atom. The molecule has 4 N–H and O–H groups in total. The molecule has 0 aliphatic heterocycles. The Balaban J connectivity index is 2.00. The van der Waals surface area contributed by atoms with Crippen LogP contribution in [0.3, 0.4) is 0 Å². The zero-order valence-corrected chi connectivity index (χ0v) is 17.3. The van der Waals surface area contributed by atoms with Gasteiger partial charge in [0.15, 0.2) is 5.82 Å². The Kier molecular flexibility index (Phi) is 5.74. The second-order valence-corrected chi connectivity index (χ2v) is 8.66. The number of nitrogens with zero attached hydrogens (tertiary/aromatic N) is 4. The molecule has 12 heteroatoms. The second-order valence-electron chi connectivity index (χ2n) is 7.13. The topological polar surface area (TPSA) is 145 Å². The third kappa shape index (κ3) is 4.90. The maximum absolute atomic E-state index is 14.4. The SMILES string of the molecule is COc1cccc(S(N)(=O)=O)c1Nc1ncc(F)c(-c2cnn(CC(C)(C)O)c2)n1. The Labute approximate surface area is 172 Å². The van der Waals surface area contributed by atoms with Crippen LogP contribution in [0.1, 0.15) is 13.8 Å². The minimum absolute atomic E-state index is 0.0257. The molecule has 0 spiro atoms. The van der Waals surface area contributed by atoms with Gasteiger partial charge in [-0.25, -0.2) is 27.9 Å². The van der Waals surface area contributed by atoms with Crippen LogP contribution in [0.25, 0.3) is 11.3 Å². The van der Waals surface area contributed by atoms with Crippen molar-refractivity contribution in [3.8, 4) is 17.0 Å². The van der Waals surface area contributed by atoms with Gasteiger partial charge in [0.2, 0.25) is 16.0 Å². The molecule has 2 aromatic heterocycles. The van der Waals surface area contributed by atoms with Gasteiger partial charge in [-0.15, -0.1) is 0 Å². The van der Waals surface area contributed by atoms with Gasteiger partial charge in [-0.05, 0) is 26.0 Å². The molecular formula is C18H21FN6O4S. The van der Waals surface area contributed by atoms with Crippen molar-refractivity contribution in [3.63, 3.8) is 0 Å². The summed E-state index contributed by atoms with van der Waals surface area (Å²) in [6.07, 6.45) is 3.88. The van der Waals surface area contributed by atoms with Crippen LogP contribution in [0.4, 0.5) is 16.0 Å². The maximum atomic E-state index is 14.4. The lowest BCUT2D eigenvalue weighted by Crippen LogP contribution is -2.26. The molecule has 1 aromatic carbocycles. The first-order valence-electron chi connectivity index (χ1n) is 8.72. The summed E-state index contributed by atoms with van der Waals surface area (Å²) in [6.45, 7) is 3.44. The van der Waals surface area contributed by atoms with Gasteiger partial charge in [0.25, 0.3) is 0 Å². The molecule has 0 fully saturated rings. The van der Waals surface area contributed by atoms with Crippen LogP contribution in [0.2, 0.25) is 0 Å². The fourth-order valence-corrected chi connectivity index (χ4v) is 3.46. The molecule has 0 atom stereocenters. The molecule has 0 amide bonds. The van der Waals surface area contributed by atoms with Crippen molar-refractivity contribution in [1.29, 1.82) is 0 Å². The fourth-order valence-electron chi connectivity index (χ4n) is 2.75. The Bertz CT molecular complexity index is 1170. The number of hydrogen-bond donors (Lipinski definition) is 3. The number of sulfonamides is 1. The number of ether oxygens (including phenoxy) is 1. The lowest BCUT2D eigenvalue weighted by Gasteiger charge is -2.16. The predicted octanol–water partition coefficient (Wildman–Crippen LogP) is 1.65. The van der Waals surface area contributed by atoms with Gasteiger partial charge in [0.1, 0.15) is 22.0 Å². The Morgan fingerprint density at radius 2 is 2.07 bits per heavy atom. The van der Waals surface area contributed by atoms with Crippen LogP contribution < -0.4 is 15.2 Å². The van der Waals surface area contributed by atoms with E-state index in [-0.39, 0.29) is 34.5 Å². The van der Waals surface area contributed by atoms with Crippen molar-refractivity contribution in [2.75, 3.05) is 12.4 Å². The summed E-state index contributed by atoms with van der Waals surface area (Å²) < 4.78 is 44.9. The lowest BCUT2D eigenvalue weighted by atomic mass is 10.1. The average molecular weight is 436 g/mol. The molecule has 2 heterocycles. The maximum Gasteiger partial charge on any atom is 0.240 e. The quantitative estimate of drug-likeness (QED) is 0.507. The van der Waals surface area contributed by atoms with E-state index in [4.69, 9.17) is 9.88 Å². The number of para-hydroxylation sites is 1. The van der Waals surface area contributed by atoms with Crippen molar-refractivity contribution < 1.29 is 22.7 Å². The zero-order valence-electron chi connectivity index (χ0n) is 16.5. The first-order valence-corrected chi connectivity index (χ1v) is 10.3. The number of nitrogens with two attached hydrogens (primary N) is 1. The van der Waals surface area contributed by atoms with Gasteiger partial charge >= 0.3 is 0 Å². The van der Waals surface area contributed by atoms with E-state index in [9.17, 15) is 17.9 Å². The molecule has 0 saturated heterocycles. The third-order valence-electron chi connectivity index (χ3n) is 3.95. The summed E-state index contributed by atoms with van der Waals surface area (Å²) in [6, 6.07) is 4.30. The summed E-state index contributed by atoms with van der Waals surface area (Å²) >= 11 is 0. The second kappa shape index (κ2) is 7.97. The summed E-state index contributed by atoms with van der Waals surface area (Å²) in [5.74, 6) is -0.583. The highest BCUT2D eigenvalue weighted by Crippen LogP contribution is 2.33. The number of aromatic nitrogens is 4. The molecule has 0 aliphatic rings. The predicted molar refractivity (Wildman–Crippen MR) is 107 cm³/mol. The summed E-state index contributed by atoms with van der Waals surface area (Å²) in [5, 5.41) is 22.0. The summed E-state index contributed by atoms with van der Waals surface area (Å²) in [7, 11) is -2.72. The largest absolute Gasteiger partial charge is 0.495 e. The highest BCUT2D eigenvalue weighted by atomic mass is 32.2. The molecular weight excluding hydrogens is 415 g/mol. The standard InChI is InChI=1S/C18H21FN6O4S/c1-18(2,26)10-25-9-11(7-22-25)15-12(19)8-21-17(23-15)24-16-13(29-3)5-4-6-14(16)30(20,27)28/h4-9,26H,10H2,1-3H3,(H2,20,27,28)(H,21,23,24). The number of anilines is 2. The minimum atomic E-state index is -4.08. The summed E-state index contributed by atoms with van der Waals surface area (Å²) in [5.41, 5.74) is -0.679. The van der Waals surface area contributed by atoms with Gasteiger partial charge in [-0.1, -0.05) is 6.07 Å². The minimum Gasteiger partial charge on any atom is -0.495 e.